The zero-order chi connectivity index (χ0) is 13.2. The highest BCUT2D eigenvalue weighted by molar-refractivity contribution is 6.31. The lowest BCUT2D eigenvalue weighted by molar-refractivity contribution is -0.121. The van der Waals surface area contributed by atoms with Crippen molar-refractivity contribution in [3.05, 3.63) is 35.9 Å². The molecule has 0 radical (unpaired) electrons. The van der Waals surface area contributed by atoms with Gasteiger partial charge in [-0.2, -0.15) is 5.10 Å². The molecule has 2 heterocycles. The number of carbonyl (C=O) groups is 1. The van der Waals surface area contributed by atoms with E-state index < -0.39 is 0 Å². The first-order chi connectivity index (χ1) is 9.24. The van der Waals surface area contributed by atoms with Crippen molar-refractivity contribution in [1.82, 2.24) is 20.1 Å². The van der Waals surface area contributed by atoms with E-state index in [1.54, 1.807) is 29.2 Å². The SMILES string of the molecule is O=C(Nc1cc(Cl)ccc1-n1cncn1)C1CNC1. The van der Waals surface area contributed by atoms with E-state index in [1.807, 2.05) is 0 Å². The van der Waals surface area contributed by atoms with Gasteiger partial charge in [0.15, 0.2) is 0 Å². The monoisotopic (exact) mass is 277 g/mol. The molecular formula is C12H12ClN5O. The highest BCUT2D eigenvalue weighted by Gasteiger charge is 2.25. The summed E-state index contributed by atoms with van der Waals surface area (Å²) in [5, 5.41) is 10.6. The van der Waals surface area contributed by atoms with Crippen molar-refractivity contribution in [2.45, 2.75) is 0 Å². The summed E-state index contributed by atoms with van der Waals surface area (Å²) < 4.78 is 1.59. The van der Waals surface area contributed by atoms with Crippen molar-refractivity contribution in [2.75, 3.05) is 18.4 Å². The first kappa shape index (κ1) is 12.1. The van der Waals surface area contributed by atoms with Crippen molar-refractivity contribution in [2.24, 2.45) is 5.92 Å². The van der Waals surface area contributed by atoms with Crippen LogP contribution in [0.25, 0.3) is 5.69 Å². The van der Waals surface area contributed by atoms with Gasteiger partial charge in [-0.15, -0.1) is 0 Å². The zero-order valence-electron chi connectivity index (χ0n) is 10.0. The highest BCUT2D eigenvalue weighted by Crippen LogP contribution is 2.24. The van der Waals surface area contributed by atoms with E-state index in [9.17, 15) is 4.79 Å². The average Bonchev–Trinajstić information content (AvgIpc) is 2.80. The van der Waals surface area contributed by atoms with Crippen LogP contribution in [0.3, 0.4) is 0 Å². The normalized spacial score (nSPS) is 15.0. The Hall–Kier alpha value is -1.92. The highest BCUT2D eigenvalue weighted by atomic mass is 35.5. The van der Waals surface area contributed by atoms with Crippen molar-refractivity contribution in [3.8, 4) is 5.69 Å². The fourth-order valence-corrected chi connectivity index (χ4v) is 2.02. The Labute approximate surface area is 114 Å². The van der Waals surface area contributed by atoms with Crippen LogP contribution >= 0.6 is 11.6 Å². The minimum Gasteiger partial charge on any atom is -0.324 e. The smallest absolute Gasteiger partial charge is 0.230 e. The van der Waals surface area contributed by atoms with Gasteiger partial charge in [-0.1, -0.05) is 11.6 Å². The summed E-state index contributed by atoms with van der Waals surface area (Å²) in [4.78, 5) is 15.9. The van der Waals surface area contributed by atoms with Gasteiger partial charge >= 0.3 is 0 Å². The quantitative estimate of drug-likeness (QED) is 0.881. The number of hydrogen-bond acceptors (Lipinski definition) is 4. The van der Waals surface area contributed by atoms with Crippen LogP contribution in [-0.2, 0) is 4.79 Å². The molecule has 2 N–H and O–H groups in total. The van der Waals surface area contributed by atoms with Gasteiger partial charge in [-0.25, -0.2) is 9.67 Å². The third-order valence-electron chi connectivity index (χ3n) is 3.03. The summed E-state index contributed by atoms with van der Waals surface area (Å²) in [6, 6.07) is 5.26. The van der Waals surface area contributed by atoms with Gasteiger partial charge in [0.1, 0.15) is 12.7 Å². The summed E-state index contributed by atoms with van der Waals surface area (Å²) in [6.07, 6.45) is 3.01. The number of rotatable bonds is 3. The molecule has 1 saturated heterocycles. The number of amides is 1. The molecule has 0 spiro atoms. The Morgan fingerprint density at radius 2 is 2.32 bits per heavy atom. The predicted octanol–water partition coefficient (Wildman–Crippen LogP) is 1.08. The molecule has 0 unspecified atom stereocenters. The number of nitrogens with zero attached hydrogens (tertiary/aromatic N) is 3. The van der Waals surface area contributed by atoms with Gasteiger partial charge in [0.05, 0.1) is 17.3 Å². The maximum absolute atomic E-state index is 12.0. The largest absolute Gasteiger partial charge is 0.324 e. The Kier molecular flexibility index (Phi) is 3.18. The molecule has 3 rings (SSSR count). The van der Waals surface area contributed by atoms with Crippen molar-refractivity contribution >= 4 is 23.2 Å². The summed E-state index contributed by atoms with van der Waals surface area (Å²) in [7, 11) is 0. The Bertz CT molecular complexity index is 594. The van der Waals surface area contributed by atoms with Crippen LogP contribution in [-0.4, -0.2) is 33.8 Å². The van der Waals surface area contributed by atoms with E-state index in [2.05, 4.69) is 20.7 Å². The predicted molar refractivity (Wildman–Crippen MR) is 71.4 cm³/mol. The molecule has 1 aliphatic heterocycles. The molecule has 1 amide bonds. The second-order valence-electron chi connectivity index (χ2n) is 4.35. The van der Waals surface area contributed by atoms with Crippen LogP contribution in [0.1, 0.15) is 0 Å². The van der Waals surface area contributed by atoms with Crippen LogP contribution in [0.5, 0.6) is 0 Å². The maximum atomic E-state index is 12.0. The number of halogens is 1. The van der Waals surface area contributed by atoms with Crippen LogP contribution in [0, 0.1) is 5.92 Å². The molecule has 1 aromatic carbocycles. The van der Waals surface area contributed by atoms with E-state index in [0.717, 1.165) is 5.69 Å². The number of anilines is 1. The lowest BCUT2D eigenvalue weighted by Gasteiger charge is -2.26. The molecule has 0 atom stereocenters. The molecule has 0 aliphatic carbocycles. The van der Waals surface area contributed by atoms with Crippen molar-refractivity contribution < 1.29 is 4.79 Å². The lowest BCUT2D eigenvalue weighted by atomic mass is 10.0. The molecular weight excluding hydrogens is 266 g/mol. The molecule has 0 saturated carbocycles. The zero-order valence-corrected chi connectivity index (χ0v) is 10.8. The van der Waals surface area contributed by atoms with Gasteiger partial charge in [-0.3, -0.25) is 4.79 Å². The Morgan fingerprint density at radius 1 is 1.47 bits per heavy atom. The van der Waals surface area contributed by atoms with Gasteiger partial charge in [-0.05, 0) is 18.2 Å². The molecule has 7 heteroatoms. The fourth-order valence-electron chi connectivity index (χ4n) is 1.85. The van der Waals surface area contributed by atoms with Crippen LogP contribution in [0.4, 0.5) is 5.69 Å². The summed E-state index contributed by atoms with van der Waals surface area (Å²) in [6.45, 7) is 1.43. The molecule has 1 fully saturated rings. The molecule has 2 aromatic rings. The molecule has 1 aromatic heterocycles. The molecule has 98 valence electrons. The van der Waals surface area contributed by atoms with Crippen LogP contribution < -0.4 is 10.6 Å². The molecule has 19 heavy (non-hydrogen) atoms. The van der Waals surface area contributed by atoms with Gasteiger partial charge < -0.3 is 10.6 Å². The van der Waals surface area contributed by atoms with E-state index in [-0.39, 0.29) is 11.8 Å². The summed E-state index contributed by atoms with van der Waals surface area (Å²) in [5.41, 5.74) is 1.37. The molecule has 1 aliphatic rings. The first-order valence-corrected chi connectivity index (χ1v) is 6.28. The van der Waals surface area contributed by atoms with Gasteiger partial charge in [0.2, 0.25) is 5.91 Å². The van der Waals surface area contributed by atoms with E-state index in [4.69, 9.17) is 11.6 Å². The van der Waals surface area contributed by atoms with Gasteiger partial charge in [0.25, 0.3) is 0 Å². The summed E-state index contributed by atoms with van der Waals surface area (Å²) >= 11 is 5.98. The van der Waals surface area contributed by atoms with Gasteiger partial charge in [0, 0.05) is 18.1 Å². The minimum atomic E-state index is -0.0117. The van der Waals surface area contributed by atoms with Crippen molar-refractivity contribution in [3.63, 3.8) is 0 Å². The third kappa shape index (κ3) is 2.45. The van der Waals surface area contributed by atoms with Crippen molar-refractivity contribution in [1.29, 1.82) is 0 Å². The third-order valence-corrected chi connectivity index (χ3v) is 3.27. The Balaban J connectivity index is 1.90. The number of aromatic nitrogens is 3. The number of hydrogen-bond donors (Lipinski definition) is 2. The van der Waals surface area contributed by atoms with Crippen LogP contribution in [0.15, 0.2) is 30.9 Å². The topological polar surface area (TPSA) is 71.8 Å². The van der Waals surface area contributed by atoms with E-state index in [0.29, 0.717) is 23.8 Å². The minimum absolute atomic E-state index is 0.0117. The first-order valence-electron chi connectivity index (χ1n) is 5.90. The maximum Gasteiger partial charge on any atom is 0.230 e. The standard InChI is InChI=1S/C12H12ClN5O/c13-9-1-2-11(18-7-15-6-16-18)10(3-9)17-12(19)8-4-14-5-8/h1-3,6-8,14H,4-5H2,(H,17,19). The number of benzene rings is 1. The second-order valence-corrected chi connectivity index (χ2v) is 4.78. The van der Waals surface area contributed by atoms with E-state index in [1.165, 1.54) is 6.33 Å². The Morgan fingerprint density at radius 3 is 2.95 bits per heavy atom. The number of carbonyl (C=O) groups excluding carboxylic acids is 1. The second kappa shape index (κ2) is 4.99. The van der Waals surface area contributed by atoms with E-state index >= 15 is 0 Å². The molecule has 0 bridgehead atoms. The number of nitrogens with one attached hydrogen (secondary N) is 2. The summed E-state index contributed by atoms with van der Waals surface area (Å²) in [5.74, 6) is 0.00459. The average molecular weight is 278 g/mol. The fraction of sp³-hybridized carbons (Fsp3) is 0.250. The van der Waals surface area contributed by atoms with Crippen LogP contribution in [0.2, 0.25) is 5.02 Å². The molecule has 6 nitrogen and oxygen atoms in total. The lowest BCUT2D eigenvalue weighted by Crippen LogP contribution is -2.48.